The Hall–Kier alpha value is -3.54. The quantitative estimate of drug-likeness (QED) is 0.444. The van der Waals surface area contributed by atoms with Gasteiger partial charge in [0.25, 0.3) is 0 Å². The number of nitriles is 1. The molecule has 0 unspecified atom stereocenters. The Kier molecular flexibility index (Phi) is 6.15. The highest BCUT2D eigenvalue weighted by Gasteiger charge is 2.33. The molecule has 184 valence electrons. The molecule has 2 aromatic carbocycles. The van der Waals surface area contributed by atoms with Crippen LogP contribution in [0.2, 0.25) is 5.02 Å². The van der Waals surface area contributed by atoms with Gasteiger partial charge >= 0.3 is 0 Å². The van der Waals surface area contributed by atoms with Crippen LogP contribution in [-0.2, 0) is 4.79 Å². The summed E-state index contributed by atoms with van der Waals surface area (Å²) >= 11 is 7.93. The molecular formula is C27H24ClFN4O2S. The van der Waals surface area contributed by atoms with Crippen molar-refractivity contribution in [2.45, 2.75) is 19.4 Å². The fourth-order valence-electron chi connectivity index (χ4n) is 5.24. The third kappa shape index (κ3) is 3.71. The maximum atomic E-state index is 14.6. The van der Waals surface area contributed by atoms with Gasteiger partial charge in [-0.2, -0.15) is 5.26 Å². The van der Waals surface area contributed by atoms with Crippen LogP contribution in [0.5, 0.6) is 5.75 Å². The van der Waals surface area contributed by atoms with E-state index in [0.717, 1.165) is 28.2 Å². The molecule has 0 bridgehead atoms. The molecule has 9 heteroatoms. The van der Waals surface area contributed by atoms with Crippen molar-refractivity contribution in [3.63, 3.8) is 0 Å². The van der Waals surface area contributed by atoms with Gasteiger partial charge in [0, 0.05) is 64.9 Å². The third-order valence-electron chi connectivity index (χ3n) is 6.99. The average molecular weight is 523 g/mol. The molecule has 1 aromatic heterocycles. The van der Waals surface area contributed by atoms with Crippen LogP contribution in [0.3, 0.4) is 0 Å². The smallest absolute Gasteiger partial charge is 0.246 e. The van der Waals surface area contributed by atoms with E-state index in [-0.39, 0.29) is 22.5 Å². The van der Waals surface area contributed by atoms with E-state index < -0.39 is 5.82 Å². The minimum Gasteiger partial charge on any atom is -0.493 e. The predicted octanol–water partition coefficient (Wildman–Crippen LogP) is 5.58. The summed E-state index contributed by atoms with van der Waals surface area (Å²) < 4.78 is 21.2. The van der Waals surface area contributed by atoms with Gasteiger partial charge in [0.05, 0.1) is 16.9 Å². The van der Waals surface area contributed by atoms with Crippen molar-refractivity contribution in [2.75, 3.05) is 32.0 Å². The second-order valence-corrected chi connectivity index (χ2v) is 10.4. The highest BCUT2D eigenvalue weighted by atomic mass is 35.5. The molecule has 1 amide bonds. The topological polar surface area (TPSA) is 82.6 Å². The van der Waals surface area contributed by atoms with Crippen LogP contribution >= 0.6 is 22.9 Å². The van der Waals surface area contributed by atoms with E-state index in [1.807, 2.05) is 13.0 Å². The van der Waals surface area contributed by atoms with Gasteiger partial charge in [0.1, 0.15) is 22.6 Å². The number of piperazine rings is 1. The minimum absolute atomic E-state index is 0.0609. The number of fused-ring (bicyclic) bond motifs is 3. The molecule has 1 saturated heterocycles. The van der Waals surface area contributed by atoms with Gasteiger partial charge in [-0.3, -0.25) is 4.79 Å². The first-order valence-corrected chi connectivity index (χ1v) is 12.7. The van der Waals surface area contributed by atoms with Crippen molar-refractivity contribution in [2.24, 2.45) is 0 Å². The molecular weight excluding hydrogens is 499 g/mol. The number of halogens is 2. The van der Waals surface area contributed by atoms with Crippen molar-refractivity contribution >= 4 is 49.6 Å². The molecule has 2 aliphatic rings. The monoisotopic (exact) mass is 522 g/mol. The number of ether oxygens (including phenoxy) is 1. The van der Waals surface area contributed by atoms with Crippen LogP contribution in [0.4, 0.5) is 9.39 Å². The van der Waals surface area contributed by atoms with Gasteiger partial charge in [0.15, 0.2) is 0 Å². The Balaban J connectivity index is 1.63. The number of amides is 1. The number of nitrogens with two attached hydrogens (primary N) is 1. The van der Waals surface area contributed by atoms with E-state index in [1.54, 1.807) is 11.0 Å². The van der Waals surface area contributed by atoms with Crippen LogP contribution in [0.25, 0.3) is 26.9 Å². The van der Waals surface area contributed by atoms with Gasteiger partial charge in [-0.05, 0) is 30.7 Å². The number of anilines is 1. The van der Waals surface area contributed by atoms with Crippen LogP contribution in [0.15, 0.2) is 37.4 Å². The SMILES string of the molecule is C=CC(=O)N1CCN2C(=C)c3cc(Cl)c(-c4ccc(F)c5sc(N)c(C#N)c45)c(C)c3OCC[C@H]2C1. The number of thiophene rings is 1. The molecule has 2 aliphatic heterocycles. The number of benzene rings is 2. The lowest BCUT2D eigenvalue weighted by Gasteiger charge is -2.44. The number of carbonyl (C=O) groups is 1. The second-order valence-electron chi connectivity index (χ2n) is 8.91. The summed E-state index contributed by atoms with van der Waals surface area (Å²) in [5.41, 5.74) is 9.92. The van der Waals surface area contributed by atoms with E-state index in [4.69, 9.17) is 22.1 Å². The fourth-order valence-corrected chi connectivity index (χ4v) is 6.54. The van der Waals surface area contributed by atoms with Gasteiger partial charge in [0.2, 0.25) is 5.91 Å². The van der Waals surface area contributed by atoms with Crippen molar-refractivity contribution in [1.29, 1.82) is 5.26 Å². The van der Waals surface area contributed by atoms with Crippen LogP contribution in [0, 0.1) is 24.1 Å². The summed E-state index contributed by atoms with van der Waals surface area (Å²) in [6.45, 7) is 12.1. The number of rotatable bonds is 2. The molecule has 6 nitrogen and oxygen atoms in total. The summed E-state index contributed by atoms with van der Waals surface area (Å²) in [7, 11) is 0. The van der Waals surface area contributed by atoms with E-state index in [1.165, 1.54) is 12.1 Å². The Morgan fingerprint density at radius 3 is 2.89 bits per heavy atom. The molecule has 36 heavy (non-hydrogen) atoms. The third-order valence-corrected chi connectivity index (χ3v) is 8.32. The molecule has 3 heterocycles. The molecule has 0 aliphatic carbocycles. The molecule has 2 N–H and O–H groups in total. The molecule has 3 aromatic rings. The van der Waals surface area contributed by atoms with Crippen molar-refractivity contribution in [3.8, 4) is 22.9 Å². The first-order valence-electron chi connectivity index (χ1n) is 11.5. The maximum absolute atomic E-state index is 14.6. The number of nitrogens with zero attached hydrogens (tertiary/aromatic N) is 3. The van der Waals surface area contributed by atoms with E-state index in [2.05, 4.69) is 24.1 Å². The predicted molar refractivity (Wildman–Crippen MR) is 143 cm³/mol. The maximum Gasteiger partial charge on any atom is 0.246 e. The Labute approximate surface area is 217 Å². The fraction of sp³-hybridized carbons (Fsp3) is 0.259. The molecule has 1 fully saturated rings. The van der Waals surface area contributed by atoms with Gasteiger partial charge < -0.3 is 20.3 Å². The lowest BCUT2D eigenvalue weighted by molar-refractivity contribution is -0.128. The summed E-state index contributed by atoms with van der Waals surface area (Å²) in [5.74, 6) is 0.141. The van der Waals surface area contributed by atoms with Crippen LogP contribution < -0.4 is 10.5 Å². The standard InChI is InChI=1S/C27H24ClFN4O2S/c1-4-22(34)32-8-9-33-15(3)18-11-20(28)23(14(2)25(18)35-10-7-16(33)13-32)17-5-6-21(29)26-24(17)19(12-30)27(31)36-26/h4-6,11,16H,1,3,7-10,13,31H2,2H3/t16-/m0/s1. The Morgan fingerprint density at radius 2 is 2.17 bits per heavy atom. The van der Waals surface area contributed by atoms with Crippen molar-refractivity contribution in [3.05, 3.63) is 65.0 Å². The first kappa shape index (κ1) is 24.2. The second kappa shape index (κ2) is 9.16. The number of hydrogen-bond acceptors (Lipinski definition) is 6. The zero-order valence-electron chi connectivity index (χ0n) is 19.7. The largest absolute Gasteiger partial charge is 0.493 e. The summed E-state index contributed by atoms with van der Waals surface area (Å²) in [6, 6.07) is 7.01. The number of carbonyl (C=O) groups excluding carboxylic acids is 1. The average Bonchev–Trinajstić information content (AvgIpc) is 3.21. The first-order chi connectivity index (χ1) is 17.3. The lowest BCUT2D eigenvalue weighted by atomic mass is 9.91. The van der Waals surface area contributed by atoms with Gasteiger partial charge in [-0.25, -0.2) is 4.39 Å². The minimum atomic E-state index is -0.434. The summed E-state index contributed by atoms with van der Waals surface area (Å²) in [6.07, 6.45) is 2.05. The zero-order valence-corrected chi connectivity index (χ0v) is 21.3. The summed E-state index contributed by atoms with van der Waals surface area (Å²) in [4.78, 5) is 16.2. The lowest BCUT2D eigenvalue weighted by Crippen LogP contribution is -2.54. The van der Waals surface area contributed by atoms with E-state index in [9.17, 15) is 14.4 Å². The Bertz CT molecular complexity index is 1490. The molecule has 5 rings (SSSR count). The van der Waals surface area contributed by atoms with Crippen LogP contribution in [0.1, 0.15) is 23.1 Å². The Morgan fingerprint density at radius 1 is 1.39 bits per heavy atom. The molecule has 0 radical (unpaired) electrons. The highest BCUT2D eigenvalue weighted by molar-refractivity contribution is 7.23. The molecule has 0 spiro atoms. The number of hydrogen-bond donors (Lipinski definition) is 1. The van der Waals surface area contributed by atoms with Gasteiger partial charge in [-0.15, -0.1) is 11.3 Å². The van der Waals surface area contributed by atoms with Crippen molar-refractivity contribution < 1.29 is 13.9 Å². The van der Waals surface area contributed by atoms with E-state index >= 15 is 0 Å². The zero-order chi connectivity index (χ0) is 25.7. The van der Waals surface area contributed by atoms with Crippen molar-refractivity contribution in [1.82, 2.24) is 9.80 Å². The molecule has 1 atom stereocenters. The normalized spacial score (nSPS) is 17.5. The highest BCUT2D eigenvalue weighted by Crippen LogP contribution is 2.48. The summed E-state index contributed by atoms with van der Waals surface area (Å²) in [5, 5.41) is 10.9. The van der Waals surface area contributed by atoms with Crippen LogP contribution in [-0.4, -0.2) is 48.0 Å². The van der Waals surface area contributed by atoms with Gasteiger partial charge in [-0.1, -0.05) is 30.8 Å². The number of nitrogen functional groups attached to an aromatic ring is 1. The van der Waals surface area contributed by atoms with E-state index in [0.29, 0.717) is 64.6 Å². The molecule has 0 saturated carbocycles.